The van der Waals surface area contributed by atoms with E-state index in [1.165, 1.54) is 21.9 Å². The molecule has 0 spiro atoms. The Bertz CT molecular complexity index is 1050. The molecule has 1 amide bonds. The molecule has 0 atom stereocenters. The zero-order valence-corrected chi connectivity index (χ0v) is 14.5. The van der Waals surface area contributed by atoms with Crippen LogP contribution >= 0.6 is 0 Å². The minimum atomic E-state index is -0.343. The third kappa shape index (κ3) is 3.04. The maximum absolute atomic E-state index is 12.8. The summed E-state index contributed by atoms with van der Waals surface area (Å²) in [6.07, 6.45) is 6.45. The Morgan fingerprint density at radius 3 is 2.81 bits per heavy atom. The van der Waals surface area contributed by atoms with Crippen molar-refractivity contribution in [2.75, 3.05) is 5.32 Å². The average molecular weight is 345 g/mol. The van der Waals surface area contributed by atoms with Crippen molar-refractivity contribution in [3.05, 3.63) is 87.5 Å². The molecule has 26 heavy (non-hydrogen) atoms. The Hall–Kier alpha value is -3.21. The molecule has 1 N–H and O–H groups in total. The predicted octanol–water partition coefficient (Wildman–Crippen LogP) is 3.28. The highest BCUT2D eigenvalue weighted by Gasteiger charge is 2.14. The molecule has 0 aliphatic heterocycles. The second-order valence-electron chi connectivity index (χ2n) is 6.58. The number of nitrogens with one attached hydrogen (secondary N) is 1. The molecule has 1 aliphatic rings. The van der Waals surface area contributed by atoms with Gasteiger partial charge in [-0.2, -0.15) is 0 Å². The smallest absolute Gasteiger partial charge is 0.298 e. The van der Waals surface area contributed by atoms with E-state index >= 15 is 0 Å². The van der Waals surface area contributed by atoms with Crippen LogP contribution < -0.4 is 10.9 Å². The summed E-state index contributed by atoms with van der Waals surface area (Å²) in [5, 5.41) is 2.63. The molecule has 0 fully saturated rings. The number of carbonyl (C=O) groups is 1. The van der Waals surface area contributed by atoms with Crippen LogP contribution in [0.2, 0.25) is 0 Å². The summed E-state index contributed by atoms with van der Waals surface area (Å²) in [6.45, 7) is 1.92. The Labute approximate surface area is 151 Å². The number of hydrogen-bond acceptors (Lipinski definition) is 3. The first kappa shape index (κ1) is 16.3. The number of rotatable bonds is 3. The molecule has 0 unspecified atom stereocenters. The van der Waals surface area contributed by atoms with E-state index in [2.05, 4.69) is 22.4 Å². The van der Waals surface area contributed by atoms with E-state index in [-0.39, 0.29) is 17.3 Å². The van der Waals surface area contributed by atoms with Crippen LogP contribution in [0, 0.1) is 6.92 Å². The normalized spacial score (nSPS) is 12.7. The monoisotopic (exact) mass is 345 g/mol. The zero-order valence-electron chi connectivity index (χ0n) is 14.5. The number of benzene rings is 2. The maximum Gasteiger partial charge on any atom is 0.298 e. The third-order valence-corrected chi connectivity index (χ3v) is 4.71. The molecule has 0 bridgehead atoms. The van der Waals surface area contributed by atoms with E-state index < -0.39 is 0 Å². The molecule has 3 aromatic rings. The lowest BCUT2D eigenvalue weighted by atomic mass is 10.1. The zero-order chi connectivity index (χ0) is 18.1. The number of anilines is 1. The highest BCUT2D eigenvalue weighted by Crippen LogP contribution is 2.24. The second-order valence-corrected chi connectivity index (χ2v) is 6.58. The van der Waals surface area contributed by atoms with Crippen LogP contribution in [-0.2, 0) is 12.8 Å². The minimum Gasteiger partial charge on any atom is -0.302 e. The number of hydrogen-bond donors (Lipinski definition) is 1. The molecule has 0 radical (unpaired) electrons. The summed E-state index contributed by atoms with van der Waals surface area (Å²) >= 11 is 0. The quantitative estimate of drug-likeness (QED) is 0.792. The van der Waals surface area contributed by atoms with Crippen LogP contribution in [-0.4, -0.2) is 15.5 Å². The Morgan fingerprint density at radius 1 is 1.12 bits per heavy atom. The van der Waals surface area contributed by atoms with Gasteiger partial charge in [0.1, 0.15) is 0 Å². The van der Waals surface area contributed by atoms with E-state index in [4.69, 9.17) is 0 Å². The number of carbonyl (C=O) groups excluding carboxylic acids is 1. The van der Waals surface area contributed by atoms with Gasteiger partial charge >= 0.3 is 0 Å². The van der Waals surface area contributed by atoms with Gasteiger partial charge in [0, 0.05) is 23.6 Å². The van der Waals surface area contributed by atoms with Crippen molar-refractivity contribution in [1.29, 1.82) is 0 Å². The first-order valence-electron chi connectivity index (χ1n) is 8.70. The topological polar surface area (TPSA) is 64.0 Å². The fourth-order valence-corrected chi connectivity index (χ4v) is 3.37. The SMILES string of the molecule is Cc1cccc(C(=O)Nc2nccn(-c3ccc4c(c3)CCC4)c2=O)c1. The van der Waals surface area contributed by atoms with Crippen LogP contribution in [0.3, 0.4) is 0 Å². The summed E-state index contributed by atoms with van der Waals surface area (Å²) in [4.78, 5) is 29.3. The number of fused-ring (bicyclic) bond motifs is 1. The molecule has 1 aromatic heterocycles. The van der Waals surface area contributed by atoms with Crippen LogP contribution in [0.1, 0.15) is 33.5 Å². The molecule has 5 nitrogen and oxygen atoms in total. The van der Waals surface area contributed by atoms with Gasteiger partial charge in [-0.25, -0.2) is 4.98 Å². The van der Waals surface area contributed by atoms with Gasteiger partial charge in [-0.3, -0.25) is 14.2 Å². The molecular weight excluding hydrogens is 326 g/mol. The van der Waals surface area contributed by atoms with Crippen molar-refractivity contribution >= 4 is 11.7 Å². The number of aryl methyl sites for hydroxylation is 3. The van der Waals surface area contributed by atoms with Gasteiger partial charge in [0.05, 0.1) is 0 Å². The summed E-state index contributed by atoms with van der Waals surface area (Å²) < 4.78 is 1.53. The lowest BCUT2D eigenvalue weighted by molar-refractivity contribution is 0.102. The third-order valence-electron chi connectivity index (χ3n) is 4.71. The van der Waals surface area contributed by atoms with Crippen molar-refractivity contribution < 1.29 is 4.79 Å². The molecule has 0 saturated heterocycles. The van der Waals surface area contributed by atoms with Crippen molar-refractivity contribution in [2.45, 2.75) is 26.2 Å². The summed E-state index contributed by atoms with van der Waals surface area (Å²) in [5.41, 5.74) is 4.57. The Kier molecular flexibility index (Phi) is 4.13. The van der Waals surface area contributed by atoms with E-state index in [0.717, 1.165) is 30.5 Å². The standard InChI is InChI=1S/C21H19N3O2/c1-14-4-2-7-17(12-14)20(25)23-19-21(26)24(11-10-22-19)18-9-8-15-5-3-6-16(15)13-18/h2,4,7-13H,3,5-6H2,1H3,(H,22,23,25). The minimum absolute atomic E-state index is 0.0273. The molecular formula is C21H19N3O2. The molecule has 4 rings (SSSR count). The fraction of sp³-hybridized carbons (Fsp3) is 0.190. The van der Waals surface area contributed by atoms with Crippen molar-refractivity contribution in [3.8, 4) is 5.69 Å². The van der Waals surface area contributed by atoms with E-state index in [1.54, 1.807) is 18.3 Å². The largest absolute Gasteiger partial charge is 0.302 e. The Balaban J connectivity index is 1.66. The van der Waals surface area contributed by atoms with Crippen molar-refractivity contribution in [2.24, 2.45) is 0 Å². The van der Waals surface area contributed by atoms with Gasteiger partial charge in [-0.05, 0) is 61.6 Å². The molecule has 1 aliphatic carbocycles. The van der Waals surface area contributed by atoms with E-state index in [9.17, 15) is 9.59 Å². The summed E-state index contributed by atoms with van der Waals surface area (Å²) in [7, 11) is 0. The first-order valence-corrected chi connectivity index (χ1v) is 8.70. The summed E-state index contributed by atoms with van der Waals surface area (Å²) in [5.74, 6) is -0.315. The number of amides is 1. The van der Waals surface area contributed by atoms with Crippen LogP contribution in [0.5, 0.6) is 0 Å². The predicted molar refractivity (Wildman–Crippen MR) is 101 cm³/mol. The maximum atomic E-state index is 12.8. The van der Waals surface area contributed by atoms with Crippen LogP contribution in [0.15, 0.2) is 59.7 Å². The molecule has 5 heteroatoms. The molecule has 1 heterocycles. The molecule has 130 valence electrons. The highest BCUT2D eigenvalue weighted by molar-refractivity contribution is 6.03. The highest BCUT2D eigenvalue weighted by atomic mass is 16.2. The van der Waals surface area contributed by atoms with Gasteiger partial charge in [0.15, 0.2) is 5.82 Å². The fourth-order valence-electron chi connectivity index (χ4n) is 3.37. The second kappa shape index (κ2) is 6.59. The van der Waals surface area contributed by atoms with Gasteiger partial charge in [-0.1, -0.05) is 23.8 Å². The summed E-state index contributed by atoms with van der Waals surface area (Å²) in [6, 6.07) is 13.3. The van der Waals surface area contributed by atoms with Gasteiger partial charge in [0.2, 0.25) is 0 Å². The van der Waals surface area contributed by atoms with E-state index in [0.29, 0.717) is 5.56 Å². The van der Waals surface area contributed by atoms with Crippen molar-refractivity contribution in [3.63, 3.8) is 0 Å². The number of nitrogens with zero attached hydrogens (tertiary/aromatic N) is 2. The van der Waals surface area contributed by atoms with E-state index in [1.807, 2.05) is 25.1 Å². The Morgan fingerprint density at radius 2 is 1.96 bits per heavy atom. The first-order chi connectivity index (χ1) is 12.6. The van der Waals surface area contributed by atoms with Crippen LogP contribution in [0.25, 0.3) is 5.69 Å². The average Bonchev–Trinajstić information content (AvgIpc) is 3.11. The number of aromatic nitrogens is 2. The van der Waals surface area contributed by atoms with Gasteiger partial charge < -0.3 is 5.32 Å². The van der Waals surface area contributed by atoms with Gasteiger partial charge in [-0.15, -0.1) is 0 Å². The molecule has 0 saturated carbocycles. The lowest BCUT2D eigenvalue weighted by Crippen LogP contribution is -2.26. The van der Waals surface area contributed by atoms with Gasteiger partial charge in [0.25, 0.3) is 11.5 Å². The van der Waals surface area contributed by atoms with Crippen LogP contribution in [0.4, 0.5) is 5.82 Å². The molecule has 2 aromatic carbocycles. The van der Waals surface area contributed by atoms with Crippen molar-refractivity contribution in [1.82, 2.24) is 9.55 Å². The lowest BCUT2D eigenvalue weighted by Gasteiger charge is -2.10.